The fourth-order valence-corrected chi connectivity index (χ4v) is 2.22. The summed E-state index contributed by atoms with van der Waals surface area (Å²) < 4.78 is 28.4. The molecule has 1 N–H and O–H groups in total. The van der Waals surface area contributed by atoms with Crippen molar-refractivity contribution in [3.8, 4) is 11.8 Å². The first-order valence-corrected chi connectivity index (χ1v) is 7.81. The lowest BCUT2D eigenvalue weighted by Crippen LogP contribution is -2.06. The van der Waals surface area contributed by atoms with E-state index in [0.717, 1.165) is 11.8 Å². The first-order chi connectivity index (χ1) is 9.49. The van der Waals surface area contributed by atoms with Gasteiger partial charge in [0.05, 0.1) is 4.90 Å². The Kier molecular flexibility index (Phi) is 4.31. The van der Waals surface area contributed by atoms with Crippen LogP contribution in [0.2, 0.25) is 0 Å². The molecule has 0 unspecified atom stereocenters. The van der Waals surface area contributed by atoms with E-state index in [4.69, 9.17) is 4.74 Å². The topological polar surface area (TPSA) is 81.2 Å². The summed E-state index contributed by atoms with van der Waals surface area (Å²) in [6, 6.07) is 6.40. The molecule has 1 aromatic carbocycles. The van der Waals surface area contributed by atoms with Crippen LogP contribution in [0.3, 0.4) is 0 Å². The number of hydrogen-bond donors (Lipinski definition) is 1. The van der Waals surface area contributed by atoms with Crippen LogP contribution in [0.25, 0.3) is 0 Å². The summed E-state index contributed by atoms with van der Waals surface area (Å²) in [6.45, 7) is 0.670. The van der Waals surface area contributed by atoms with Crippen molar-refractivity contribution in [1.29, 1.82) is 0 Å². The van der Waals surface area contributed by atoms with Crippen molar-refractivity contribution < 1.29 is 13.2 Å². The fourth-order valence-electron chi connectivity index (χ4n) is 1.56. The number of nitrogens with one attached hydrogen (secondary N) is 1. The van der Waals surface area contributed by atoms with Gasteiger partial charge in [-0.05, 0) is 25.2 Å². The number of benzene rings is 1. The molecule has 0 saturated heterocycles. The lowest BCUT2D eigenvalue weighted by Gasteiger charge is -2.06. The standard InChI is InChI=1S/C13H15N3O3S/c1-14-7-10-8-15-13(16-9-10)19-11-4-3-5-12(6-11)20(2,17)18/h3-6,8-9,14H,7H2,1-2H3. The molecule has 0 spiro atoms. The van der Waals surface area contributed by atoms with Crippen LogP contribution in [-0.2, 0) is 16.4 Å². The number of rotatable bonds is 5. The minimum Gasteiger partial charge on any atom is -0.424 e. The van der Waals surface area contributed by atoms with Crippen molar-refractivity contribution in [2.75, 3.05) is 13.3 Å². The number of aromatic nitrogens is 2. The summed E-state index contributed by atoms with van der Waals surface area (Å²) in [5.74, 6) is 0.384. The molecule has 0 radical (unpaired) electrons. The molecule has 7 heteroatoms. The molecule has 0 aliphatic rings. The van der Waals surface area contributed by atoms with Gasteiger partial charge in [-0.3, -0.25) is 0 Å². The second-order valence-corrected chi connectivity index (χ2v) is 6.27. The van der Waals surface area contributed by atoms with Crippen LogP contribution in [0.4, 0.5) is 0 Å². The highest BCUT2D eigenvalue weighted by molar-refractivity contribution is 7.90. The summed E-state index contributed by atoms with van der Waals surface area (Å²) in [5, 5.41) is 2.99. The number of hydrogen-bond acceptors (Lipinski definition) is 6. The van der Waals surface area contributed by atoms with Crippen molar-refractivity contribution in [3.05, 3.63) is 42.2 Å². The van der Waals surface area contributed by atoms with E-state index < -0.39 is 9.84 Å². The van der Waals surface area contributed by atoms with Gasteiger partial charge in [-0.1, -0.05) is 6.07 Å². The van der Waals surface area contributed by atoms with E-state index in [1.807, 2.05) is 7.05 Å². The average Bonchev–Trinajstić information content (AvgIpc) is 2.41. The normalized spacial score (nSPS) is 11.3. The third-order valence-corrected chi connectivity index (χ3v) is 3.62. The van der Waals surface area contributed by atoms with Crippen LogP contribution in [0.1, 0.15) is 5.56 Å². The van der Waals surface area contributed by atoms with Crippen molar-refractivity contribution >= 4 is 9.84 Å². The highest BCUT2D eigenvalue weighted by atomic mass is 32.2. The third-order valence-electron chi connectivity index (χ3n) is 2.51. The predicted molar refractivity (Wildman–Crippen MR) is 74.4 cm³/mol. The van der Waals surface area contributed by atoms with E-state index in [1.165, 1.54) is 12.1 Å². The van der Waals surface area contributed by atoms with Crippen LogP contribution in [0, 0.1) is 0 Å². The van der Waals surface area contributed by atoms with Gasteiger partial charge < -0.3 is 10.1 Å². The van der Waals surface area contributed by atoms with E-state index in [9.17, 15) is 8.42 Å². The number of sulfone groups is 1. The summed E-state index contributed by atoms with van der Waals surface area (Å²) in [4.78, 5) is 8.32. The zero-order chi connectivity index (χ0) is 14.6. The molecular formula is C13H15N3O3S. The smallest absolute Gasteiger partial charge is 0.321 e. The Hall–Kier alpha value is -1.99. The van der Waals surface area contributed by atoms with Crippen molar-refractivity contribution in [3.63, 3.8) is 0 Å². The average molecular weight is 293 g/mol. The summed E-state index contributed by atoms with van der Waals surface area (Å²) in [6.07, 6.45) is 4.45. The van der Waals surface area contributed by atoms with E-state index in [-0.39, 0.29) is 10.9 Å². The lowest BCUT2D eigenvalue weighted by atomic mass is 10.3. The molecule has 1 aromatic heterocycles. The maximum atomic E-state index is 11.5. The number of ether oxygens (including phenoxy) is 1. The van der Waals surface area contributed by atoms with Crippen molar-refractivity contribution in [1.82, 2.24) is 15.3 Å². The van der Waals surface area contributed by atoms with E-state index in [2.05, 4.69) is 15.3 Å². The molecule has 0 fully saturated rings. The van der Waals surface area contributed by atoms with Crippen LogP contribution in [-0.4, -0.2) is 31.7 Å². The monoisotopic (exact) mass is 293 g/mol. The zero-order valence-corrected chi connectivity index (χ0v) is 12.0. The Morgan fingerprint density at radius 1 is 1.25 bits per heavy atom. The fraction of sp³-hybridized carbons (Fsp3) is 0.231. The molecule has 0 aliphatic carbocycles. The molecule has 2 aromatic rings. The molecule has 6 nitrogen and oxygen atoms in total. The van der Waals surface area contributed by atoms with Gasteiger partial charge in [-0.2, -0.15) is 0 Å². The van der Waals surface area contributed by atoms with Crippen molar-refractivity contribution in [2.45, 2.75) is 11.4 Å². The Balaban J connectivity index is 2.17. The second kappa shape index (κ2) is 5.98. The first kappa shape index (κ1) is 14.4. The molecule has 0 amide bonds. The maximum absolute atomic E-state index is 11.5. The quantitative estimate of drug-likeness (QED) is 0.897. The molecule has 0 aliphatic heterocycles. The van der Waals surface area contributed by atoms with Crippen LogP contribution < -0.4 is 10.1 Å². The number of nitrogens with zero attached hydrogens (tertiary/aromatic N) is 2. The Morgan fingerprint density at radius 2 is 1.95 bits per heavy atom. The zero-order valence-electron chi connectivity index (χ0n) is 11.2. The van der Waals surface area contributed by atoms with Gasteiger partial charge in [-0.25, -0.2) is 18.4 Å². The van der Waals surface area contributed by atoms with Crippen molar-refractivity contribution in [2.24, 2.45) is 0 Å². The van der Waals surface area contributed by atoms with Gasteiger partial charge in [-0.15, -0.1) is 0 Å². The third kappa shape index (κ3) is 3.75. The second-order valence-electron chi connectivity index (χ2n) is 4.25. The Labute approximate surface area is 117 Å². The molecule has 1 heterocycles. The Morgan fingerprint density at radius 3 is 2.55 bits per heavy atom. The SMILES string of the molecule is CNCc1cnc(Oc2cccc(S(C)(=O)=O)c2)nc1. The minimum absolute atomic E-state index is 0.176. The van der Waals surface area contributed by atoms with Gasteiger partial charge >= 0.3 is 6.01 Å². The minimum atomic E-state index is -3.26. The van der Waals surface area contributed by atoms with E-state index in [1.54, 1.807) is 24.5 Å². The molecule has 0 atom stereocenters. The maximum Gasteiger partial charge on any atom is 0.321 e. The molecule has 20 heavy (non-hydrogen) atoms. The van der Waals surface area contributed by atoms with E-state index in [0.29, 0.717) is 12.3 Å². The van der Waals surface area contributed by atoms with Gasteiger partial charge in [0.2, 0.25) is 0 Å². The highest BCUT2D eigenvalue weighted by Crippen LogP contribution is 2.21. The molecule has 2 rings (SSSR count). The van der Waals surface area contributed by atoms with Gasteiger partial charge in [0.15, 0.2) is 9.84 Å². The summed E-state index contributed by atoms with van der Waals surface area (Å²) >= 11 is 0. The largest absolute Gasteiger partial charge is 0.424 e. The first-order valence-electron chi connectivity index (χ1n) is 5.92. The predicted octanol–water partition coefficient (Wildman–Crippen LogP) is 1.39. The molecule has 0 bridgehead atoms. The van der Waals surface area contributed by atoms with Crippen LogP contribution in [0.5, 0.6) is 11.8 Å². The molecule has 0 saturated carbocycles. The summed E-state index contributed by atoms with van der Waals surface area (Å²) in [5.41, 5.74) is 0.935. The lowest BCUT2D eigenvalue weighted by molar-refractivity contribution is 0.439. The highest BCUT2D eigenvalue weighted by Gasteiger charge is 2.09. The summed E-state index contributed by atoms with van der Waals surface area (Å²) in [7, 11) is -1.43. The van der Waals surface area contributed by atoms with Gasteiger partial charge in [0.1, 0.15) is 5.75 Å². The van der Waals surface area contributed by atoms with Gasteiger partial charge in [0, 0.05) is 30.8 Å². The Bertz CT molecular complexity index is 684. The molecule has 106 valence electrons. The molecular weight excluding hydrogens is 278 g/mol. The van der Waals surface area contributed by atoms with E-state index >= 15 is 0 Å². The van der Waals surface area contributed by atoms with Crippen LogP contribution in [0.15, 0.2) is 41.6 Å². The van der Waals surface area contributed by atoms with Crippen LogP contribution >= 0.6 is 0 Å². The van der Waals surface area contributed by atoms with Gasteiger partial charge in [0.25, 0.3) is 0 Å².